The van der Waals surface area contributed by atoms with Crippen LogP contribution in [0.2, 0.25) is 0 Å². The molecule has 0 aliphatic carbocycles. The van der Waals surface area contributed by atoms with Crippen molar-refractivity contribution in [2.75, 3.05) is 19.0 Å². The molecule has 0 atom stereocenters. The third kappa shape index (κ3) is 3.45. The second-order valence-electron chi connectivity index (χ2n) is 6.34. The zero-order chi connectivity index (χ0) is 18.1. The Bertz CT molecular complexity index is 809. The van der Waals surface area contributed by atoms with Crippen LogP contribution in [0.15, 0.2) is 12.3 Å². The summed E-state index contributed by atoms with van der Waals surface area (Å²) < 4.78 is 6.52. The van der Waals surface area contributed by atoms with Gasteiger partial charge in [0.05, 0.1) is 12.7 Å². The lowest BCUT2D eigenvalue weighted by molar-refractivity contribution is 0.0600. The van der Waals surface area contributed by atoms with Crippen molar-refractivity contribution in [2.24, 2.45) is 7.05 Å². The number of fused-ring (bicyclic) bond motifs is 1. The highest BCUT2D eigenvalue weighted by Gasteiger charge is 2.30. The molecule has 0 saturated carbocycles. The molecule has 0 bridgehead atoms. The molecule has 3 rings (SSSR count). The molecule has 1 aliphatic rings. The highest BCUT2D eigenvalue weighted by atomic mass is 32.1. The van der Waals surface area contributed by atoms with Crippen LogP contribution < -0.4 is 5.32 Å². The first-order valence-corrected chi connectivity index (χ1v) is 9.00. The van der Waals surface area contributed by atoms with Gasteiger partial charge < -0.3 is 10.1 Å². The van der Waals surface area contributed by atoms with Crippen LogP contribution in [0.5, 0.6) is 0 Å². The molecule has 0 unspecified atom stereocenters. The average Bonchev–Trinajstić information content (AvgIpc) is 3.16. The number of aromatic nitrogens is 2. The van der Waals surface area contributed by atoms with Gasteiger partial charge >= 0.3 is 5.97 Å². The summed E-state index contributed by atoms with van der Waals surface area (Å²) in [5.41, 5.74) is 1.79. The number of ether oxygens (including phenoxy) is 1. The van der Waals surface area contributed by atoms with E-state index >= 15 is 0 Å². The van der Waals surface area contributed by atoms with Crippen LogP contribution in [0.1, 0.15) is 45.1 Å². The molecule has 0 aromatic carbocycles. The lowest BCUT2D eigenvalue weighted by Gasteiger charge is -2.30. The Morgan fingerprint density at radius 1 is 1.40 bits per heavy atom. The minimum absolute atomic E-state index is 0.313. The molecule has 8 heteroatoms. The highest BCUT2D eigenvalue weighted by Crippen LogP contribution is 2.38. The first kappa shape index (κ1) is 17.6. The summed E-state index contributed by atoms with van der Waals surface area (Å²) in [6.07, 6.45) is 2.48. The van der Waals surface area contributed by atoms with Gasteiger partial charge in [-0.25, -0.2) is 4.79 Å². The monoisotopic (exact) mass is 362 g/mol. The number of nitrogens with one attached hydrogen (secondary N) is 1. The van der Waals surface area contributed by atoms with Gasteiger partial charge in [0.15, 0.2) is 5.69 Å². The summed E-state index contributed by atoms with van der Waals surface area (Å²) in [5, 5.41) is 7.48. The smallest absolute Gasteiger partial charge is 0.341 e. The molecule has 0 radical (unpaired) electrons. The van der Waals surface area contributed by atoms with Crippen molar-refractivity contribution in [3.8, 4) is 0 Å². The number of carbonyl (C=O) groups excluding carboxylic acids is 2. The van der Waals surface area contributed by atoms with Gasteiger partial charge in [0.2, 0.25) is 0 Å². The van der Waals surface area contributed by atoms with E-state index in [1.165, 1.54) is 18.4 Å². The van der Waals surface area contributed by atoms with Gasteiger partial charge in [-0.3, -0.25) is 14.4 Å². The largest absolute Gasteiger partial charge is 0.465 e. The maximum Gasteiger partial charge on any atom is 0.341 e. The zero-order valence-electron chi connectivity index (χ0n) is 14.8. The lowest BCUT2D eigenvalue weighted by Crippen LogP contribution is -2.35. The number of thiophene rings is 1. The quantitative estimate of drug-likeness (QED) is 0.845. The minimum Gasteiger partial charge on any atom is -0.465 e. The van der Waals surface area contributed by atoms with Crippen molar-refractivity contribution >= 4 is 28.2 Å². The van der Waals surface area contributed by atoms with E-state index in [1.54, 1.807) is 24.0 Å². The molecule has 0 saturated heterocycles. The van der Waals surface area contributed by atoms with Gasteiger partial charge in [0.1, 0.15) is 5.00 Å². The van der Waals surface area contributed by atoms with E-state index in [0.717, 1.165) is 30.0 Å². The van der Waals surface area contributed by atoms with Crippen LogP contribution in [0.3, 0.4) is 0 Å². The molecule has 3 heterocycles. The van der Waals surface area contributed by atoms with E-state index in [9.17, 15) is 9.59 Å². The minimum atomic E-state index is -0.410. The van der Waals surface area contributed by atoms with Crippen LogP contribution >= 0.6 is 11.3 Å². The van der Waals surface area contributed by atoms with Gasteiger partial charge in [0, 0.05) is 37.3 Å². The SMILES string of the molecule is COC(=O)c1c(NC(=O)c2ccn(C)n2)sc2c1CCN(C(C)C)C2. The van der Waals surface area contributed by atoms with Crippen molar-refractivity contribution in [2.45, 2.75) is 32.9 Å². The molecular weight excluding hydrogens is 340 g/mol. The molecule has 134 valence electrons. The van der Waals surface area contributed by atoms with Gasteiger partial charge in [-0.05, 0) is 31.9 Å². The number of hydrogen-bond donors (Lipinski definition) is 1. The summed E-state index contributed by atoms with van der Waals surface area (Å²) >= 11 is 1.45. The Labute approximate surface area is 150 Å². The zero-order valence-corrected chi connectivity index (χ0v) is 15.6. The Kier molecular flexibility index (Phi) is 4.91. The first-order chi connectivity index (χ1) is 11.9. The van der Waals surface area contributed by atoms with E-state index in [1.807, 2.05) is 0 Å². The predicted octanol–water partition coefficient (Wildman–Crippen LogP) is 2.29. The summed E-state index contributed by atoms with van der Waals surface area (Å²) in [7, 11) is 3.11. The number of nitrogens with zero attached hydrogens (tertiary/aromatic N) is 3. The fraction of sp³-hybridized carbons (Fsp3) is 0.471. The van der Waals surface area contributed by atoms with E-state index in [0.29, 0.717) is 22.3 Å². The van der Waals surface area contributed by atoms with Crippen molar-refractivity contribution in [1.82, 2.24) is 14.7 Å². The molecule has 2 aromatic heterocycles. The van der Waals surface area contributed by atoms with Gasteiger partial charge in [0.25, 0.3) is 5.91 Å². The third-order valence-corrected chi connectivity index (χ3v) is 5.51. The van der Waals surface area contributed by atoms with Crippen molar-refractivity contribution in [3.63, 3.8) is 0 Å². The number of anilines is 1. The molecular formula is C17H22N4O3S. The number of methoxy groups -OCH3 is 1. The molecule has 1 N–H and O–H groups in total. The molecule has 0 spiro atoms. The summed E-state index contributed by atoms with van der Waals surface area (Å²) in [6, 6.07) is 2.07. The van der Waals surface area contributed by atoms with Crippen LogP contribution in [0.4, 0.5) is 5.00 Å². The summed E-state index contributed by atoms with van der Waals surface area (Å²) in [6.45, 7) is 5.98. The second kappa shape index (κ2) is 6.97. The van der Waals surface area contributed by atoms with Crippen LogP contribution in [-0.2, 0) is 24.8 Å². The third-order valence-electron chi connectivity index (χ3n) is 4.38. The lowest BCUT2D eigenvalue weighted by atomic mass is 10.0. The normalized spacial score (nSPS) is 14.4. The molecule has 1 aliphatic heterocycles. The number of carbonyl (C=O) groups is 2. The highest BCUT2D eigenvalue weighted by molar-refractivity contribution is 7.17. The van der Waals surface area contributed by atoms with E-state index in [4.69, 9.17) is 4.74 Å². The number of hydrogen-bond acceptors (Lipinski definition) is 6. The van der Waals surface area contributed by atoms with Gasteiger partial charge in [-0.1, -0.05) is 0 Å². The Morgan fingerprint density at radius 3 is 2.76 bits per heavy atom. The fourth-order valence-corrected chi connectivity index (χ4v) is 4.23. The first-order valence-electron chi connectivity index (χ1n) is 8.18. The number of amides is 1. The van der Waals surface area contributed by atoms with E-state index in [-0.39, 0.29) is 5.91 Å². The molecule has 7 nitrogen and oxygen atoms in total. The summed E-state index contributed by atoms with van der Waals surface area (Å²) in [5.74, 6) is -0.739. The molecule has 25 heavy (non-hydrogen) atoms. The Morgan fingerprint density at radius 2 is 2.16 bits per heavy atom. The number of rotatable bonds is 4. The molecule has 0 fully saturated rings. The average molecular weight is 362 g/mol. The van der Waals surface area contributed by atoms with Crippen molar-refractivity contribution in [1.29, 1.82) is 0 Å². The maximum absolute atomic E-state index is 12.4. The van der Waals surface area contributed by atoms with E-state index < -0.39 is 5.97 Å². The number of aryl methyl sites for hydroxylation is 1. The van der Waals surface area contributed by atoms with Crippen molar-refractivity contribution < 1.29 is 14.3 Å². The topological polar surface area (TPSA) is 76.5 Å². The van der Waals surface area contributed by atoms with Gasteiger partial charge in [-0.15, -0.1) is 11.3 Å². The second-order valence-corrected chi connectivity index (χ2v) is 7.45. The maximum atomic E-state index is 12.4. The van der Waals surface area contributed by atoms with E-state index in [2.05, 4.69) is 29.2 Å². The standard InChI is InChI=1S/C17H22N4O3S/c1-10(2)21-8-5-11-13(9-21)25-16(14(11)17(23)24-4)18-15(22)12-6-7-20(3)19-12/h6-7,10H,5,8-9H2,1-4H3,(H,18,22). The fourth-order valence-electron chi connectivity index (χ4n) is 2.97. The van der Waals surface area contributed by atoms with Crippen molar-refractivity contribution in [3.05, 3.63) is 34.0 Å². The molecule has 2 aromatic rings. The Balaban J connectivity index is 1.93. The molecule has 1 amide bonds. The predicted molar refractivity (Wildman–Crippen MR) is 96.1 cm³/mol. The number of esters is 1. The van der Waals surface area contributed by atoms with Crippen LogP contribution in [-0.4, -0.2) is 46.3 Å². The van der Waals surface area contributed by atoms with Crippen LogP contribution in [0, 0.1) is 0 Å². The van der Waals surface area contributed by atoms with Gasteiger partial charge in [-0.2, -0.15) is 5.10 Å². The van der Waals surface area contributed by atoms with Crippen LogP contribution in [0.25, 0.3) is 0 Å². The summed E-state index contributed by atoms with van der Waals surface area (Å²) in [4.78, 5) is 28.2. The Hall–Kier alpha value is -2.19.